The second-order valence-electron chi connectivity index (χ2n) is 4.78. The van der Waals surface area contributed by atoms with Crippen molar-refractivity contribution in [3.63, 3.8) is 0 Å². The molecule has 0 amide bonds. The molecule has 0 fully saturated rings. The van der Waals surface area contributed by atoms with Crippen LogP contribution < -0.4 is 0 Å². The van der Waals surface area contributed by atoms with Crippen molar-refractivity contribution in [2.45, 2.75) is 5.09 Å². The van der Waals surface area contributed by atoms with E-state index in [1.165, 1.54) is 6.07 Å². The first-order valence-corrected chi connectivity index (χ1v) is 8.11. The van der Waals surface area contributed by atoms with E-state index in [0.29, 0.717) is 11.1 Å². The smallest absolute Gasteiger partial charge is 0.219 e. The predicted octanol–water partition coefficient (Wildman–Crippen LogP) is 3.37. The van der Waals surface area contributed by atoms with Gasteiger partial charge in [0.25, 0.3) is 0 Å². The fourth-order valence-electron chi connectivity index (χ4n) is 2.12. The van der Waals surface area contributed by atoms with Crippen LogP contribution in [0.4, 0.5) is 0 Å². The third-order valence-corrected chi connectivity index (χ3v) is 4.14. The third-order valence-electron chi connectivity index (χ3n) is 3.21. The molecule has 104 valence electrons. The molecule has 1 heterocycles. The maximum absolute atomic E-state index is 11.5. The van der Waals surface area contributed by atoms with Crippen molar-refractivity contribution in [3.05, 3.63) is 54.1 Å². The molecule has 0 bridgehead atoms. The van der Waals surface area contributed by atoms with Gasteiger partial charge in [-0.2, -0.15) is 5.26 Å². The van der Waals surface area contributed by atoms with Crippen LogP contribution in [0.25, 0.3) is 22.1 Å². The molecule has 0 saturated heterocycles. The number of rotatable bonds is 2. The van der Waals surface area contributed by atoms with Crippen LogP contribution in [0.2, 0.25) is 0 Å². The summed E-state index contributed by atoms with van der Waals surface area (Å²) in [4.78, 5) is 0. The number of nitriles is 1. The number of furan rings is 1. The average Bonchev–Trinajstić information content (AvgIpc) is 2.90. The SMILES string of the molecule is CS(=O)(=O)c1cc2cc(-c3ccc(C#N)cc3)ccc2o1. The molecule has 0 N–H and O–H groups in total. The van der Waals surface area contributed by atoms with Gasteiger partial charge in [-0.3, -0.25) is 0 Å². The Kier molecular flexibility index (Phi) is 3.04. The topological polar surface area (TPSA) is 71.1 Å². The molecular weight excluding hydrogens is 286 g/mol. The summed E-state index contributed by atoms with van der Waals surface area (Å²) < 4.78 is 28.3. The molecular formula is C16H11NO3S. The minimum absolute atomic E-state index is 0.0329. The Balaban J connectivity index is 2.10. The maximum atomic E-state index is 11.5. The van der Waals surface area contributed by atoms with Crippen LogP contribution in [0.5, 0.6) is 0 Å². The zero-order valence-corrected chi connectivity index (χ0v) is 12.0. The average molecular weight is 297 g/mol. The van der Waals surface area contributed by atoms with Crippen LogP contribution in [0.1, 0.15) is 5.56 Å². The largest absolute Gasteiger partial charge is 0.445 e. The van der Waals surface area contributed by atoms with Gasteiger partial charge in [-0.05, 0) is 35.4 Å². The molecule has 0 aliphatic rings. The summed E-state index contributed by atoms with van der Waals surface area (Å²) in [6.45, 7) is 0. The van der Waals surface area contributed by atoms with Crippen molar-refractivity contribution in [2.24, 2.45) is 0 Å². The number of fused-ring (bicyclic) bond motifs is 1. The van der Waals surface area contributed by atoms with E-state index in [-0.39, 0.29) is 5.09 Å². The van der Waals surface area contributed by atoms with E-state index in [4.69, 9.17) is 9.68 Å². The molecule has 0 spiro atoms. The molecule has 3 rings (SSSR count). The Morgan fingerprint density at radius 1 is 1.00 bits per heavy atom. The fraction of sp³-hybridized carbons (Fsp3) is 0.0625. The quantitative estimate of drug-likeness (QED) is 0.727. The van der Waals surface area contributed by atoms with Crippen LogP contribution in [-0.2, 0) is 9.84 Å². The molecule has 5 heteroatoms. The van der Waals surface area contributed by atoms with Gasteiger partial charge in [0.2, 0.25) is 14.9 Å². The molecule has 0 aliphatic heterocycles. The zero-order chi connectivity index (χ0) is 15.0. The molecule has 1 aromatic heterocycles. The molecule has 3 aromatic rings. The van der Waals surface area contributed by atoms with Gasteiger partial charge in [0, 0.05) is 17.7 Å². The van der Waals surface area contributed by atoms with E-state index in [1.807, 2.05) is 24.3 Å². The molecule has 0 unspecified atom stereocenters. The van der Waals surface area contributed by atoms with Crippen LogP contribution in [0.15, 0.2) is 58.0 Å². The number of hydrogen-bond acceptors (Lipinski definition) is 4. The monoisotopic (exact) mass is 297 g/mol. The third kappa shape index (κ3) is 2.54. The summed E-state index contributed by atoms with van der Waals surface area (Å²) in [5.41, 5.74) is 3.03. The van der Waals surface area contributed by atoms with E-state index >= 15 is 0 Å². The number of nitrogens with zero attached hydrogens (tertiary/aromatic N) is 1. The first-order valence-electron chi connectivity index (χ1n) is 6.21. The lowest BCUT2D eigenvalue weighted by atomic mass is 10.0. The Morgan fingerprint density at radius 2 is 1.67 bits per heavy atom. The summed E-state index contributed by atoms with van der Waals surface area (Å²) in [5.74, 6) is 0. The van der Waals surface area contributed by atoms with E-state index in [1.54, 1.807) is 18.2 Å². The highest BCUT2D eigenvalue weighted by Gasteiger charge is 2.14. The number of benzene rings is 2. The van der Waals surface area contributed by atoms with Gasteiger partial charge < -0.3 is 4.42 Å². The number of hydrogen-bond donors (Lipinski definition) is 0. The van der Waals surface area contributed by atoms with Gasteiger partial charge in [0.05, 0.1) is 11.6 Å². The highest BCUT2D eigenvalue weighted by molar-refractivity contribution is 7.90. The zero-order valence-electron chi connectivity index (χ0n) is 11.2. The fourth-order valence-corrected chi connectivity index (χ4v) is 2.70. The van der Waals surface area contributed by atoms with Crippen molar-refractivity contribution < 1.29 is 12.8 Å². The van der Waals surface area contributed by atoms with Gasteiger partial charge in [-0.1, -0.05) is 18.2 Å². The van der Waals surface area contributed by atoms with Crippen molar-refractivity contribution in [2.75, 3.05) is 6.26 Å². The Bertz CT molecular complexity index is 961. The van der Waals surface area contributed by atoms with Crippen LogP contribution >= 0.6 is 0 Å². The van der Waals surface area contributed by atoms with E-state index in [0.717, 1.165) is 22.8 Å². The summed E-state index contributed by atoms with van der Waals surface area (Å²) >= 11 is 0. The predicted molar refractivity (Wildman–Crippen MR) is 79.5 cm³/mol. The lowest BCUT2D eigenvalue weighted by Crippen LogP contribution is -1.93. The van der Waals surface area contributed by atoms with Crippen molar-refractivity contribution in [1.82, 2.24) is 0 Å². The maximum Gasteiger partial charge on any atom is 0.219 e. The van der Waals surface area contributed by atoms with E-state index < -0.39 is 9.84 Å². The van der Waals surface area contributed by atoms with Crippen molar-refractivity contribution >= 4 is 20.8 Å². The van der Waals surface area contributed by atoms with Gasteiger partial charge in [-0.25, -0.2) is 8.42 Å². The minimum atomic E-state index is -3.35. The molecule has 0 aliphatic carbocycles. The van der Waals surface area contributed by atoms with Gasteiger partial charge >= 0.3 is 0 Å². The Hall–Kier alpha value is -2.58. The van der Waals surface area contributed by atoms with E-state index in [2.05, 4.69) is 6.07 Å². The number of sulfone groups is 1. The van der Waals surface area contributed by atoms with Crippen molar-refractivity contribution in [1.29, 1.82) is 5.26 Å². The highest BCUT2D eigenvalue weighted by atomic mass is 32.2. The highest BCUT2D eigenvalue weighted by Crippen LogP contribution is 2.28. The molecule has 4 nitrogen and oxygen atoms in total. The molecule has 2 aromatic carbocycles. The van der Waals surface area contributed by atoms with Crippen molar-refractivity contribution in [3.8, 4) is 17.2 Å². The molecule has 0 atom stereocenters. The second kappa shape index (κ2) is 4.76. The van der Waals surface area contributed by atoms with Gasteiger partial charge in [0.15, 0.2) is 0 Å². The standard InChI is InChI=1S/C16H11NO3S/c1-21(18,19)16-9-14-8-13(6-7-15(14)20-16)12-4-2-11(10-17)3-5-12/h2-9H,1H3. The van der Waals surface area contributed by atoms with Gasteiger partial charge in [0.1, 0.15) is 5.58 Å². The molecule has 0 saturated carbocycles. The normalized spacial score (nSPS) is 11.4. The Labute approximate surface area is 122 Å². The first-order chi connectivity index (χ1) is 9.97. The summed E-state index contributed by atoms with van der Waals surface area (Å²) in [6.07, 6.45) is 1.12. The summed E-state index contributed by atoms with van der Waals surface area (Å²) in [5, 5.41) is 9.50. The lowest BCUT2D eigenvalue weighted by Gasteiger charge is -2.01. The lowest BCUT2D eigenvalue weighted by molar-refractivity contribution is 0.484. The van der Waals surface area contributed by atoms with Crippen LogP contribution in [-0.4, -0.2) is 14.7 Å². The second-order valence-corrected chi connectivity index (χ2v) is 6.73. The summed E-state index contributed by atoms with van der Waals surface area (Å²) in [7, 11) is -3.35. The van der Waals surface area contributed by atoms with Crippen LogP contribution in [0, 0.1) is 11.3 Å². The minimum Gasteiger partial charge on any atom is -0.445 e. The Morgan fingerprint density at radius 3 is 2.29 bits per heavy atom. The first kappa shape index (κ1) is 13.4. The molecule has 0 radical (unpaired) electrons. The summed E-state index contributed by atoms with van der Waals surface area (Å²) in [6, 6.07) is 16.3. The van der Waals surface area contributed by atoms with E-state index in [9.17, 15) is 8.42 Å². The molecule has 21 heavy (non-hydrogen) atoms. The van der Waals surface area contributed by atoms with Crippen LogP contribution in [0.3, 0.4) is 0 Å². The van der Waals surface area contributed by atoms with Gasteiger partial charge in [-0.15, -0.1) is 0 Å².